The second kappa shape index (κ2) is 6.27. The lowest BCUT2D eigenvalue weighted by atomic mass is 9.75. The van der Waals surface area contributed by atoms with Crippen LogP contribution >= 0.6 is 0 Å². The number of amides is 1. The summed E-state index contributed by atoms with van der Waals surface area (Å²) in [7, 11) is 0. The number of Topliss-reactive ketones (excluding diaryl/α,β-unsaturated/α-hetero) is 1. The number of carbonyl (C=O) groups excluding carboxylic acids is 2. The average Bonchev–Trinajstić information content (AvgIpc) is 2.52. The molecular formula is C19H19FN2O3. The van der Waals surface area contributed by atoms with Crippen LogP contribution in [-0.2, 0) is 13.0 Å². The van der Waals surface area contributed by atoms with E-state index < -0.39 is 11.5 Å². The highest BCUT2D eigenvalue weighted by Gasteiger charge is 2.32. The number of ketones is 1. The summed E-state index contributed by atoms with van der Waals surface area (Å²) in [5.74, 6) is -0.997. The van der Waals surface area contributed by atoms with Crippen LogP contribution in [0.3, 0.4) is 0 Å². The number of aromatic nitrogens is 1. The number of halogens is 1. The van der Waals surface area contributed by atoms with Crippen molar-refractivity contribution in [3.8, 4) is 0 Å². The van der Waals surface area contributed by atoms with Gasteiger partial charge < -0.3 is 10.3 Å². The number of rotatable bonds is 3. The molecule has 0 atom stereocenters. The fourth-order valence-electron chi connectivity index (χ4n) is 3.08. The first-order valence-corrected chi connectivity index (χ1v) is 8.07. The fourth-order valence-corrected chi connectivity index (χ4v) is 3.08. The summed E-state index contributed by atoms with van der Waals surface area (Å²) < 4.78 is 12.9. The Kier molecular flexibility index (Phi) is 4.29. The number of aromatic amines is 1. The summed E-state index contributed by atoms with van der Waals surface area (Å²) in [6.45, 7) is 4.10. The van der Waals surface area contributed by atoms with Crippen molar-refractivity contribution in [3.63, 3.8) is 0 Å². The average molecular weight is 342 g/mol. The highest BCUT2D eigenvalue weighted by Crippen LogP contribution is 2.33. The van der Waals surface area contributed by atoms with E-state index in [1.165, 1.54) is 18.2 Å². The molecule has 0 radical (unpaired) electrons. The van der Waals surface area contributed by atoms with Gasteiger partial charge in [-0.15, -0.1) is 0 Å². The largest absolute Gasteiger partial charge is 0.348 e. The minimum atomic E-state index is -0.564. The number of fused-ring (bicyclic) bond motifs is 1. The molecule has 6 heteroatoms. The zero-order chi connectivity index (χ0) is 18.2. The monoisotopic (exact) mass is 342 g/mol. The molecule has 1 aliphatic rings. The summed E-state index contributed by atoms with van der Waals surface area (Å²) in [6, 6.07) is 7.09. The molecule has 1 heterocycles. The van der Waals surface area contributed by atoms with E-state index in [4.69, 9.17) is 0 Å². The maximum absolute atomic E-state index is 12.9. The molecule has 0 bridgehead atoms. The second-order valence-electron chi connectivity index (χ2n) is 7.15. The molecule has 0 unspecified atom stereocenters. The first-order valence-electron chi connectivity index (χ1n) is 8.07. The lowest BCUT2D eigenvalue weighted by Crippen LogP contribution is -2.34. The van der Waals surface area contributed by atoms with Crippen LogP contribution in [0.15, 0.2) is 35.1 Å². The van der Waals surface area contributed by atoms with E-state index >= 15 is 0 Å². The van der Waals surface area contributed by atoms with Crippen LogP contribution < -0.4 is 10.9 Å². The van der Waals surface area contributed by atoms with Gasteiger partial charge in [0.2, 0.25) is 0 Å². The summed E-state index contributed by atoms with van der Waals surface area (Å²) in [5, 5.41) is 2.62. The van der Waals surface area contributed by atoms with Gasteiger partial charge in [0.25, 0.3) is 11.5 Å². The third-order valence-electron chi connectivity index (χ3n) is 4.33. The zero-order valence-corrected chi connectivity index (χ0v) is 14.1. The Labute approximate surface area is 144 Å². The van der Waals surface area contributed by atoms with Crippen molar-refractivity contribution >= 4 is 11.7 Å². The molecule has 0 saturated carbocycles. The molecule has 0 fully saturated rings. The smallest absolute Gasteiger partial charge is 0.261 e. The van der Waals surface area contributed by atoms with Crippen molar-refractivity contribution in [1.82, 2.24) is 10.3 Å². The first kappa shape index (κ1) is 17.1. The normalized spacial score (nSPS) is 15.6. The van der Waals surface area contributed by atoms with Crippen LogP contribution in [0.1, 0.15) is 52.2 Å². The predicted octanol–water partition coefficient (Wildman–Crippen LogP) is 2.60. The first-order chi connectivity index (χ1) is 11.7. The van der Waals surface area contributed by atoms with Gasteiger partial charge in [-0.05, 0) is 35.6 Å². The molecule has 1 aliphatic carbocycles. The number of hydrogen-bond donors (Lipinski definition) is 2. The summed E-state index contributed by atoms with van der Waals surface area (Å²) >= 11 is 0. The molecule has 0 aliphatic heterocycles. The molecule has 3 rings (SSSR count). The molecular weight excluding hydrogens is 323 g/mol. The molecule has 2 N–H and O–H groups in total. The highest BCUT2D eigenvalue weighted by molar-refractivity contribution is 6.02. The number of nitrogens with one attached hydrogen (secondary N) is 2. The Morgan fingerprint density at radius 2 is 1.88 bits per heavy atom. The molecule has 1 amide bonds. The highest BCUT2D eigenvalue weighted by atomic mass is 19.1. The maximum atomic E-state index is 12.9. The van der Waals surface area contributed by atoms with Crippen LogP contribution in [0.2, 0.25) is 0 Å². The predicted molar refractivity (Wildman–Crippen MR) is 91.1 cm³/mol. The van der Waals surface area contributed by atoms with Gasteiger partial charge in [-0.2, -0.15) is 0 Å². The van der Waals surface area contributed by atoms with Crippen LogP contribution in [0.5, 0.6) is 0 Å². The van der Waals surface area contributed by atoms with E-state index in [0.717, 1.165) is 0 Å². The maximum Gasteiger partial charge on any atom is 0.261 e. The number of H-pyrrole nitrogens is 1. The Morgan fingerprint density at radius 1 is 1.20 bits per heavy atom. The third kappa shape index (κ3) is 3.68. The van der Waals surface area contributed by atoms with Gasteiger partial charge in [0.05, 0.1) is 0 Å². The zero-order valence-electron chi connectivity index (χ0n) is 14.1. The minimum Gasteiger partial charge on any atom is -0.348 e. The van der Waals surface area contributed by atoms with E-state index in [1.54, 1.807) is 12.1 Å². The van der Waals surface area contributed by atoms with Gasteiger partial charge in [0.15, 0.2) is 5.78 Å². The third-order valence-corrected chi connectivity index (χ3v) is 4.33. The van der Waals surface area contributed by atoms with Gasteiger partial charge in [0.1, 0.15) is 11.4 Å². The SMILES string of the molecule is CC1(C)CC(=O)c2cc(C(=O)NCc3ccc(F)cc3)c(=O)[nH]c2C1. The standard InChI is InChI=1S/C19H19FN2O3/c1-19(2)8-15-13(16(23)9-19)7-14(18(25)22-15)17(24)21-10-11-3-5-12(20)6-4-11/h3-7H,8-10H2,1-2H3,(H,21,24)(H,22,25). The van der Waals surface area contributed by atoms with E-state index in [1.807, 2.05) is 13.8 Å². The molecule has 0 spiro atoms. The summed E-state index contributed by atoms with van der Waals surface area (Å²) in [6.07, 6.45) is 0.962. The molecule has 5 nitrogen and oxygen atoms in total. The Hall–Kier alpha value is -2.76. The van der Waals surface area contributed by atoms with E-state index in [9.17, 15) is 18.8 Å². The van der Waals surface area contributed by atoms with Gasteiger partial charge in [0, 0.05) is 24.2 Å². The fraction of sp³-hybridized carbons (Fsp3) is 0.316. The van der Waals surface area contributed by atoms with Crippen LogP contribution in [-0.4, -0.2) is 16.7 Å². The number of carbonyl (C=O) groups is 2. The second-order valence-corrected chi connectivity index (χ2v) is 7.15. The van der Waals surface area contributed by atoms with Crippen molar-refractivity contribution in [3.05, 3.63) is 68.9 Å². The Bertz CT molecular complexity index is 898. The quantitative estimate of drug-likeness (QED) is 0.900. The number of benzene rings is 1. The van der Waals surface area contributed by atoms with Crippen molar-refractivity contribution in [2.75, 3.05) is 0 Å². The van der Waals surface area contributed by atoms with Crippen LogP contribution in [0.4, 0.5) is 4.39 Å². The summed E-state index contributed by atoms with van der Waals surface area (Å²) in [4.78, 5) is 39.5. The van der Waals surface area contributed by atoms with E-state index in [0.29, 0.717) is 29.7 Å². The van der Waals surface area contributed by atoms with Crippen molar-refractivity contribution in [2.24, 2.45) is 5.41 Å². The molecule has 25 heavy (non-hydrogen) atoms. The van der Waals surface area contributed by atoms with Crippen LogP contribution in [0, 0.1) is 11.2 Å². The van der Waals surface area contributed by atoms with E-state index in [-0.39, 0.29) is 29.1 Å². The Balaban J connectivity index is 1.82. The molecule has 2 aromatic rings. The lowest BCUT2D eigenvalue weighted by molar-refractivity contribution is 0.0910. The molecule has 130 valence electrons. The molecule has 1 aromatic heterocycles. The van der Waals surface area contributed by atoms with Crippen molar-refractivity contribution in [1.29, 1.82) is 0 Å². The summed E-state index contributed by atoms with van der Waals surface area (Å²) in [5.41, 5.74) is 0.892. The van der Waals surface area contributed by atoms with Gasteiger partial charge in [-0.1, -0.05) is 26.0 Å². The van der Waals surface area contributed by atoms with E-state index in [2.05, 4.69) is 10.3 Å². The topological polar surface area (TPSA) is 79.0 Å². The van der Waals surface area contributed by atoms with Gasteiger partial charge >= 0.3 is 0 Å². The van der Waals surface area contributed by atoms with Crippen LogP contribution in [0.25, 0.3) is 0 Å². The molecule has 1 aromatic carbocycles. The van der Waals surface area contributed by atoms with Gasteiger partial charge in [-0.3, -0.25) is 14.4 Å². The van der Waals surface area contributed by atoms with Crippen molar-refractivity contribution < 1.29 is 14.0 Å². The number of hydrogen-bond acceptors (Lipinski definition) is 3. The van der Waals surface area contributed by atoms with Gasteiger partial charge in [-0.25, -0.2) is 4.39 Å². The number of pyridine rings is 1. The van der Waals surface area contributed by atoms with Crippen molar-refractivity contribution in [2.45, 2.75) is 33.2 Å². The minimum absolute atomic E-state index is 0.0740. The Morgan fingerprint density at radius 3 is 2.56 bits per heavy atom. The molecule has 0 saturated heterocycles. The lowest BCUT2D eigenvalue weighted by Gasteiger charge is -2.29.